The predicted molar refractivity (Wildman–Crippen MR) is 81.4 cm³/mol. The third-order valence-electron chi connectivity index (χ3n) is 3.17. The molecule has 0 aliphatic heterocycles. The molecule has 6 nitrogen and oxygen atoms in total. The van der Waals surface area contributed by atoms with Gasteiger partial charge in [0, 0.05) is 5.56 Å². The zero-order valence-electron chi connectivity index (χ0n) is 12.3. The fraction of sp³-hybridized carbons (Fsp3) is 0.118. The number of ether oxygens (including phenoxy) is 1. The number of carboxylic acid groups (broad SMARTS) is 2. The van der Waals surface area contributed by atoms with Crippen molar-refractivity contribution in [2.24, 2.45) is 0 Å². The lowest BCUT2D eigenvalue weighted by Gasteiger charge is -2.10. The lowest BCUT2D eigenvalue weighted by atomic mass is 9.97. The van der Waals surface area contributed by atoms with E-state index in [-0.39, 0.29) is 16.7 Å². The van der Waals surface area contributed by atoms with E-state index in [0.717, 1.165) is 12.1 Å². The Hall–Kier alpha value is -3.15. The molecular weight excluding hydrogens is 300 g/mol. The molecule has 0 saturated heterocycles. The minimum Gasteiger partial charge on any atom is -0.493 e. The standard InChI is InChI=1S/C17H14O6/c1-2-23-14-6-4-3-5-12(14)15(18)10-7-8-11(16(19)20)13(9-10)17(21)22/h3-9H,2H2,1H3,(H,19,20)(H,21,22). The zero-order valence-corrected chi connectivity index (χ0v) is 12.3. The summed E-state index contributed by atoms with van der Waals surface area (Å²) in [5.74, 6) is -2.82. The minimum atomic E-state index is -1.41. The van der Waals surface area contributed by atoms with Crippen LogP contribution in [-0.2, 0) is 0 Å². The van der Waals surface area contributed by atoms with Crippen molar-refractivity contribution in [1.82, 2.24) is 0 Å². The Labute approximate surface area is 131 Å². The molecule has 0 amide bonds. The number of para-hydroxylation sites is 1. The SMILES string of the molecule is CCOc1ccccc1C(=O)c1ccc(C(=O)O)c(C(=O)O)c1. The Morgan fingerprint density at radius 2 is 1.57 bits per heavy atom. The van der Waals surface area contributed by atoms with E-state index in [9.17, 15) is 14.4 Å². The summed E-state index contributed by atoms with van der Waals surface area (Å²) >= 11 is 0. The first-order valence-corrected chi connectivity index (χ1v) is 6.82. The van der Waals surface area contributed by atoms with Crippen LogP contribution in [-0.4, -0.2) is 34.5 Å². The maximum atomic E-state index is 12.6. The maximum absolute atomic E-state index is 12.6. The maximum Gasteiger partial charge on any atom is 0.336 e. The van der Waals surface area contributed by atoms with Gasteiger partial charge < -0.3 is 14.9 Å². The van der Waals surface area contributed by atoms with Gasteiger partial charge in [-0.15, -0.1) is 0 Å². The van der Waals surface area contributed by atoms with Gasteiger partial charge in [-0.05, 0) is 31.2 Å². The monoisotopic (exact) mass is 314 g/mol. The summed E-state index contributed by atoms with van der Waals surface area (Å²) in [6.45, 7) is 2.16. The Balaban J connectivity index is 2.50. The Morgan fingerprint density at radius 1 is 0.913 bits per heavy atom. The van der Waals surface area contributed by atoms with Crippen molar-refractivity contribution < 1.29 is 29.3 Å². The first kappa shape index (κ1) is 16.2. The van der Waals surface area contributed by atoms with E-state index in [1.807, 2.05) is 0 Å². The zero-order chi connectivity index (χ0) is 17.0. The highest BCUT2D eigenvalue weighted by molar-refractivity contribution is 6.12. The third-order valence-corrected chi connectivity index (χ3v) is 3.17. The molecule has 2 rings (SSSR count). The summed E-state index contributed by atoms with van der Waals surface area (Å²) in [6, 6.07) is 10.1. The van der Waals surface area contributed by atoms with E-state index in [2.05, 4.69) is 0 Å². The Morgan fingerprint density at radius 3 is 2.17 bits per heavy atom. The fourth-order valence-electron chi connectivity index (χ4n) is 2.14. The molecule has 0 fully saturated rings. The quantitative estimate of drug-likeness (QED) is 0.795. The summed E-state index contributed by atoms with van der Waals surface area (Å²) in [6.07, 6.45) is 0. The molecule has 118 valence electrons. The van der Waals surface area contributed by atoms with Gasteiger partial charge in [0.2, 0.25) is 0 Å². The average Bonchev–Trinajstić information content (AvgIpc) is 2.54. The molecule has 0 heterocycles. The van der Waals surface area contributed by atoms with Gasteiger partial charge in [-0.3, -0.25) is 4.79 Å². The third kappa shape index (κ3) is 3.37. The number of hydrogen-bond acceptors (Lipinski definition) is 4. The molecule has 0 bridgehead atoms. The lowest BCUT2D eigenvalue weighted by Crippen LogP contribution is -2.11. The second kappa shape index (κ2) is 6.74. The summed E-state index contributed by atoms with van der Waals surface area (Å²) in [7, 11) is 0. The van der Waals surface area contributed by atoms with Crippen LogP contribution >= 0.6 is 0 Å². The number of carboxylic acids is 2. The molecule has 0 aliphatic rings. The van der Waals surface area contributed by atoms with Gasteiger partial charge >= 0.3 is 11.9 Å². The molecule has 0 aromatic heterocycles. The van der Waals surface area contributed by atoms with Gasteiger partial charge in [-0.2, -0.15) is 0 Å². The fourth-order valence-corrected chi connectivity index (χ4v) is 2.14. The van der Waals surface area contributed by atoms with E-state index in [0.29, 0.717) is 12.4 Å². The van der Waals surface area contributed by atoms with Crippen molar-refractivity contribution in [2.75, 3.05) is 6.61 Å². The van der Waals surface area contributed by atoms with Gasteiger partial charge in [-0.25, -0.2) is 9.59 Å². The van der Waals surface area contributed by atoms with E-state index < -0.39 is 23.3 Å². The number of hydrogen-bond donors (Lipinski definition) is 2. The van der Waals surface area contributed by atoms with Crippen molar-refractivity contribution in [3.8, 4) is 5.75 Å². The largest absolute Gasteiger partial charge is 0.493 e. The van der Waals surface area contributed by atoms with E-state index >= 15 is 0 Å². The molecule has 0 atom stereocenters. The molecule has 23 heavy (non-hydrogen) atoms. The van der Waals surface area contributed by atoms with Gasteiger partial charge in [-0.1, -0.05) is 18.2 Å². The first-order chi connectivity index (χ1) is 11.0. The highest BCUT2D eigenvalue weighted by atomic mass is 16.5. The normalized spacial score (nSPS) is 10.1. The van der Waals surface area contributed by atoms with Crippen molar-refractivity contribution in [1.29, 1.82) is 0 Å². The summed E-state index contributed by atoms with van der Waals surface area (Å²) in [5, 5.41) is 18.1. The predicted octanol–water partition coefficient (Wildman–Crippen LogP) is 2.71. The van der Waals surface area contributed by atoms with Crippen LogP contribution in [0.4, 0.5) is 0 Å². The van der Waals surface area contributed by atoms with Gasteiger partial charge in [0.15, 0.2) is 5.78 Å². The average molecular weight is 314 g/mol. The van der Waals surface area contributed by atoms with E-state index in [4.69, 9.17) is 14.9 Å². The van der Waals surface area contributed by atoms with Crippen LogP contribution < -0.4 is 4.74 Å². The first-order valence-electron chi connectivity index (χ1n) is 6.82. The summed E-state index contributed by atoms with van der Waals surface area (Å²) in [5.41, 5.74) is -0.433. The number of rotatable bonds is 6. The summed E-state index contributed by atoms with van der Waals surface area (Å²) < 4.78 is 5.39. The van der Waals surface area contributed by atoms with Crippen molar-refractivity contribution in [3.63, 3.8) is 0 Å². The number of carbonyl (C=O) groups is 3. The Bertz CT molecular complexity index is 778. The van der Waals surface area contributed by atoms with E-state index in [1.165, 1.54) is 6.07 Å². The molecule has 0 aliphatic carbocycles. The van der Waals surface area contributed by atoms with Crippen LogP contribution in [0.15, 0.2) is 42.5 Å². The van der Waals surface area contributed by atoms with Crippen LogP contribution in [0.2, 0.25) is 0 Å². The number of benzene rings is 2. The highest BCUT2D eigenvalue weighted by Crippen LogP contribution is 2.23. The number of aromatic carboxylic acids is 2. The van der Waals surface area contributed by atoms with E-state index in [1.54, 1.807) is 31.2 Å². The second-order valence-corrected chi connectivity index (χ2v) is 4.63. The molecule has 6 heteroatoms. The topological polar surface area (TPSA) is 101 Å². The van der Waals surface area contributed by atoms with Crippen molar-refractivity contribution in [2.45, 2.75) is 6.92 Å². The van der Waals surface area contributed by atoms with Gasteiger partial charge in [0.05, 0.1) is 23.3 Å². The van der Waals surface area contributed by atoms with Crippen molar-refractivity contribution >= 4 is 17.7 Å². The lowest BCUT2D eigenvalue weighted by molar-refractivity contribution is 0.0651. The van der Waals surface area contributed by atoms with Crippen molar-refractivity contribution in [3.05, 3.63) is 64.7 Å². The molecular formula is C17H14O6. The molecule has 0 saturated carbocycles. The van der Waals surface area contributed by atoms with Crippen LogP contribution in [0.3, 0.4) is 0 Å². The number of carbonyl (C=O) groups excluding carboxylic acids is 1. The van der Waals surface area contributed by atoms with Crippen LogP contribution in [0.1, 0.15) is 43.6 Å². The summed E-state index contributed by atoms with van der Waals surface area (Å²) in [4.78, 5) is 34.8. The van der Waals surface area contributed by atoms with Gasteiger partial charge in [0.1, 0.15) is 5.75 Å². The number of ketones is 1. The molecule has 2 aromatic rings. The molecule has 0 spiro atoms. The smallest absolute Gasteiger partial charge is 0.336 e. The van der Waals surface area contributed by atoms with Crippen LogP contribution in [0, 0.1) is 0 Å². The van der Waals surface area contributed by atoms with Gasteiger partial charge in [0.25, 0.3) is 0 Å². The second-order valence-electron chi connectivity index (χ2n) is 4.63. The Kier molecular flexibility index (Phi) is 4.75. The minimum absolute atomic E-state index is 0.0829. The molecule has 2 N–H and O–H groups in total. The molecule has 0 unspecified atom stereocenters. The highest BCUT2D eigenvalue weighted by Gasteiger charge is 2.20. The van der Waals surface area contributed by atoms with Crippen LogP contribution in [0.25, 0.3) is 0 Å². The van der Waals surface area contributed by atoms with Crippen LogP contribution in [0.5, 0.6) is 5.75 Å². The molecule has 0 radical (unpaired) electrons. The molecule has 2 aromatic carbocycles.